The highest BCUT2D eigenvalue weighted by molar-refractivity contribution is 7.89. The molecule has 8 nitrogen and oxygen atoms in total. The molecule has 0 aliphatic rings. The van der Waals surface area contributed by atoms with E-state index in [1.54, 1.807) is 0 Å². The highest BCUT2D eigenvalue weighted by Crippen LogP contribution is 2.06. The Morgan fingerprint density at radius 2 is 2.21 bits per heavy atom. The number of likely N-dealkylation sites (N-methyl/N-ethyl adjacent to an activating group) is 1. The first-order valence-corrected chi connectivity index (χ1v) is 7.18. The van der Waals surface area contributed by atoms with Gasteiger partial charge in [-0.1, -0.05) is 0 Å². The molecule has 0 amide bonds. The van der Waals surface area contributed by atoms with Crippen LogP contribution in [0.2, 0.25) is 0 Å². The fourth-order valence-electron chi connectivity index (χ4n) is 1.30. The number of sulfonamides is 1. The minimum Gasteiger partial charge on any atom is -0.481 e. The number of aryl methyl sites for hydroxylation is 1. The van der Waals surface area contributed by atoms with Crippen LogP contribution in [0.1, 0.15) is 6.42 Å². The standard InChI is InChI=1S/C10H18N4O4S/c1-13(2)6-4-12-19(17,18)9-7-11-14(8-9)5-3-10(15)16/h7-8,12H,3-6H2,1-2H3,(H,15,16). The molecule has 0 aliphatic carbocycles. The molecule has 2 N–H and O–H groups in total. The summed E-state index contributed by atoms with van der Waals surface area (Å²) in [5.41, 5.74) is 0. The van der Waals surface area contributed by atoms with Crippen molar-refractivity contribution in [3.63, 3.8) is 0 Å². The maximum absolute atomic E-state index is 11.9. The fraction of sp³-hybridized carbons (Fsp3) is 0.600. The van der Waals surface area contributed by atoms with Crippen molar-refractivity contribution in [3.8, 4) is 0 Å². The zero-order valence-corrected chi connectivity index (χ0v) is 11.7. The Hall–Kier alpha value is -1.45. The number of aliphatic carboxylic acids is 1. The van der Waals surface area contributed by atoms with Gasteiger partial charge >= 0.3 is 5.97 Å². The molecule has 1 rings (SSSR count). The number of rotatable bonds is 8. The molecule has 0 atom stereocenters. The summed E-state index contributed by atoms with van der Waals surface area (Å²) in [5, 5.41) is 12.4. The summed E-state index contributed by atoms with van der Waals surface area (Å²) < 4.78 is 27.5. The van der Waals surface area contributed by atoms with Gasteiger partial charge < -0.3 is 10.0 Å². The van der Waals surface area contributed by atoms with Crippen LogP contribution in [0.4, 0.5) is 0 Å². The average molecular weight is 290 g/mol. The van der Waals surface area contributed by atoms with Gasteiger partial charge in [-0.2, -0.15) is 5.10 Å². The lowest BCUT2D eigenvalue weighted by Crippen LogP contribution is -2.31. The Morgan fingerprint density at radius 1 is 1.53 bits per heavy atom. The molecule has 0 aromatic carbocycles. The van der Waals surface area contributed by atoms with E-state index in [4.69, 9.17) is 5.11 Å². The largest absolute Gasteiger partial charge is 0.481 e. The predicted octanol–water partition coefficient (Wildman–Crippen LogP) is -0.802. The van der Waals surface area contributed by atoms with Crippen molar-refractivity contribution in [2.45, 2.75) is 17.9 Å². The first-order chi connectivity index (χ1) is 8.81. The van der Waals surface area contributed by atoms with E-state index in [2.05, 4.69) is 9.82 Å². The second kappa shape index (κ2) is 6.64. The lowest BCUT2D eigenvalue weighted by atomic mass is 10.4. The lowest BCUT2D eigenvalue weighted by molar-refractivity contribution is -0.137. The van der Waals surface area contributed by atoms with Crippen molar-refractivity contribution in [2.75, 3.05) is 27.2 Å². The van der Waals surface area contributed by atoms with Crippen LogP contribution in [-0.4, -0.2) is 61.4 Å². The summed E-state index contributed by atoms with van der Waals surface area (Å²) in [4.78, 5) is 12.3. The van der Waals surface area contributed by atoms with Gasteiger partial charge in [0.2, 0.25) is 10.0 Å². The zero-order chi connectivity index (χ0) is 14.5. The molecule has 0 radical (unpaired) electrons. The number of carboxylic acids is 1. The molecular weight excluding hydrogens is 272 g/mol. The number of nitrogens with one attached hydrogen (secondary N) is 1. The fourth-order valence-corrected chi connectivity index (χ4v) is 2.28. The van der Waals surface area contributed by atoms with Crippen molar-refractivity contribution >= 4 is 16.0 Å². The summed E-state index contributed by atoms with van der Waals surface area (Å²) in [5.74, 6) is -0.955. The minimum absolute atomic E-state index is 0.0386. The third kappa shape index (κ3) is 5.37. The molecule has 0 unspecified atom stereocenters. The van der Waals surface area contributed by atoms with E-state index < -0.39 is 16.0 Å². The summed E-state index contributed by atoms with van der Waals surface area (Å²) in [6.45, 7) is 1.03. The van der Waals surface area contributed by atoms with Crippen molar-refractivity contribution in [3.05, 3.63) is 12.4 Å². The highest BCUT2D eigenvalue weighted by Gasteiger charge is 2.16. The van der Waals surface area contributed by atoms with Crippen LogP contribution in [0.15, 0.2) is 17.3 Å². The molecule has 1 heterocycles. The Kier molecular flexibility index (Phi) is 5.45. The number of nitrogens with zero attached hydrogens (tertiary/aromatic N) is 3. The topological polar surface area (TPSA) is 105 Å². The van der Waals surface area contributed by atoms with Crippen molar-refractivity contribution in [1.82, 2.24) is 19.4 Å². The van der Waals surface area contributed by atoms with Gasteiger partial charge in [-0.25, -0.2) is 13.1 Å². The smallest absolute Gasteiger partial charge is 0.305 e. The molecule has 0 saturated carbocycles. The molecular formula is C10H18N4O4S. The van der Waals surface area contributed by atoms with E-state index in [1.807, 2.05) is 19.0 Å². The highest BCUT2D eigenvalue weighted by atomic mass is 32.2. The average Bonchev–Trinajstić information content (AvgIpc) is 2.74. The second-order valence-corrected chi connectivity index (χ2v) is 6.05. The molecule has 19 heavy (non-hydrogen) atoms. The summed E-state index contributed by atoms with van der Waals surface area (Å²) in [6.07, 6.45) is 2.43. The van der Waals surface area contributed by atoms with Gasteiger partial charge in [-0.05, 0) is 14.1 Å². The van der Waals surface area contributed by atoms with E-state index in [-0.39, 0.29) is 17.9 Å². The van der Waals surface area contributed by atoms with Gasteiger partial charge in [0.05, 0.1) is 19.2 Å². The Labute approximate surface area is 112 Å². The first kappa shape index (κ1) is 15.6. The number of hydrogen-bond acceptors (Lipinski definition) is 5. The molecule has 9 heteroatoms. The van der Waals surface area contributed by atoms with Crippen LogP contribution in [0, 0.1) is 0 Å². The molecule has 108 valence electrons. The lowest BCUT2D eigenvalue weighted by Gasteiger charge is -2.09. The molecule has 1 aromatic rings. The Balaban J connectivity index is 2.61. The van der Waals surface area contributed by atoms with Crippen molar-refractivity contribution in [2.24, 2.45) is 0 Å². The zero-order valence-electron chi connectivity index (χ0n) is 10.9. The molecule has 1 aromatic heterocycles. The van der Waals surface area contributed by atoms with Gasteiger partial charge in [-0.15, -0.1) is 0 Å². The SMILES string of the molecule is CN(C)CCNS(=O)(=O)c1cnn(CCC(=O)O)c1. The van der Waals surface area contributed by atoms with E-state index in [1.165, 1.54) is 17.1 Å². The van der Waals surface area contributed by atoms with Crippen LogP contribution in [0.5, 0.6) is 0 Å². The van der Waals surface area contributed by atoms with Gasteiger partial charge in [0.15, 0.2) is 0 Å². The van der Waals surface area contributed by atoms with Crippen LogP contribution >= 0.6 is 0 Å². The number of hydrogen-bond donors (Lipinski definition) is 2. The number of carboxylic acid groups (broad SMARTS) is 1. The predicted molar refractivity (Wildman–Crippen MR) is 68.2 cm³/mol. The van der Waals surface area contributed by atoms with E-state index in [0.717, 1.165) is 0 Å². The molecule has 0 bridgehead atoms. The van der Waals surface area contributed by atoms with Crippen LogP contribution in [0.3, 0.4) is 0 Å². The van der Waals surface area contributed by atoms with E-state index in [0.29, 0.717) is 13.1 Å². The second-order valence-electron chi connectivity index (χ2n) is 4.28. The third-order valence-corrected chi connectivity index (χ3v) is 3.74. The van der Waals surface area contributed by atoms with E-state index >= 15 is 0 Å². The van der Waals surface area contributed by atoms with Crippen LogP contribution in [0.25, 0.3) is 0 Å². The molecule has 0 spiro atoms. The number of aromatic nitrogens is 2. The monoisotopic (exact) mass is 290 g/mol. The summed E-state index contributed by atoms with van der Waals surface area (Å²) >= 11 is 0. The van der Waals surface area contributed by atoms with Crippen molar-refractivity contribution < 1.29 is 18.3 Å². The number of carbonyl (C=O) groups is 1. The summed E-state index contributed by atoms with van der Waals surface area (Å²) in [7, 11) is 0.110. The van der Waals surface area contributed by atoms with Crippen LogP contribution in [-0.2, 0) is 21.4 Å². The third-order valence-electron chi connectivity index (χ3n) is 2.33. The normalized spacial score (nSPS) is 11.9. The first-order valence-electron chi connectivity index (χ1n) is 5.70. The quantitative estimate of drug-likeness (QED) is 0.649. The Bertz CT molecular complexity index is 523. The van der Waals surface area contributed by atoms with Crippen LogP contribution < -0.4 is 4.72 Å². The Morgan fingerprint density at radius 3 is 2.79 bits per heavy atom. The minimum atomic E-state index is -3.58. The maximum atomic E-state index is 11.9. The van der Waals surface area contributed by atoms with Crippen molar-refractivity contribution in [1.29, 1.82) is 0 Å². The van der Waals surface area contributed by atoms with Gasteiger partial charge in [0.25, 0.3) is 0 Å². The molecule has 0 fully saturated rings. The van der Waals surface area contributed by atoms with E-state index in [9.17, 15) is 13.2 Å². The van der Waals surface area contributed by atoms with Gasteiger partial charge in [-0.3, -0.25) is 9.48 Å². The maximum Gasteiger partial charge on any atom is 0.305 e. The van der Waals surface area contributed by atoms with Gasteiger partial charge in [0.1, 0.15) is 4.90 Å². The summed E-state index contributed by atoms with van der Waals surface area (Å²) in [6, 6.07) is 0. The molecule has 0 saturated heterocycles. The van der Waals surface area contributed by atoms with Gasteiger partial charge in [0, 0.05) is 19.3 Å². The molecule has 0 aliphatic heterocycles.